The number of hydrazine groups is 1. The van der Waals surface area contributed by atoms with Crippen LogP contribution in [0.15, 0.2) is 47.4 Å². The van der Waals surface area contributed by atoms with E-state index in [1.54, 1.807) is 12.1 Å². The van der Waals surface area contributed by atoms with E-state index < -0.39 is 21.8 Å². The number of ether oxygens (including phenoxy) is 2. The van der Waals surface area contributed by atoms with Crippen molar-refractivity contribution in [2.75, 3.05) is 13.7 Å². The van der Waals surface area contributed by atoms with Gasteiger partial charge in [-0.25, -0.2) is 13.1 Å². The molecule has 2 amide bonds. The van der Waals surface area contributed by atoms with Crippen LogP contribution in [-0.4, -0.2) is 40.0 Å². The Morgan fingerprint density at radius 3 is 2.15 bits per heavy atom. The Morgan fingerprint density at radius 2 is 1.58 bits per heavy atom. The van der Waals surface area contributed by atoms with E-state index in [0.29, 0.717) is 24.0 Å². The third kappa shape index (κ3) is 6.93. The zero-order valence-corrected chi connectivity index (χ0v) is 19.7. The molecule has 0 heterocycles. The first-order valence-electron chi connectivity index (χ1n) is 10.7. The third-order valence-corrected chi connectivity index (χ3v) is 6.53. The summed E-state index contributed by atoms with van der Waals surface area (Å²) in [5, 5.41) is 0. The molecule has 33 heavy (non-hydrogen) atoms. The molecule has 0 bridgehead atoms. The number of rotatable bonds is 10. The Kier molecular flexibility index (Phi) is 7.93. The molecule has 0 unspecified atom stereocenters. The fourth-order valence-electron chi connectivity index (χ4n) is 2.86. The molecular formula is C23H29N3O6S. The van der Waals surface area contributed by atoms with Crippen LogP contribution in [0.3, 0.4) is 0 Å². The normalized spacial score (nSPS) is 13.5. The van der Waals surface area contributed by atoms with Gasteiger partial charge in [-0.2, -0.15) is 0 Å². The van der Waals surface area contributed by atoms with E-state index in [1.807, 2.05) is 0 Å². The van der Waals surface area contributed by atoms with Crippen molar-refractivity contribution in [3.63, 3.8) is 0 Å². The molecule has 1 aliphatic carbocycles. The molecule has 0 atom stereocenters. The molecule has 0 radical (unpaired) electrons. The Balaban J connectivity index is 1.56. The highest BCUT2D eigenvalue weighted by Gasteiger charge is 2.28. The highest BCUT2D eigenvalue weighted by atomic mass is 32.2. The van der Waals surface area contributed by atoms with Gasteiger partial charge < -0.3 is 9.47 Å². The molecular weight excluding hydrogens is 446 g/mol. The molecule has 0 spiro atoms. The van der Waals surface area contributed by atoms with Gasteiger partial charge in [-0.15, -0.1) is 0 Å². The van der Waals surface area contributed by atoms with Crippen molar-refractivity contribution in [3.8, 4) is 11.5 Å². The van der Waals surface area contributed by atoms with Crippen LogP contribution in [-0.2, 0) is 10.0 Å². The maximum Gasteiger partial charge on any atom is 0.269 e. The maximum atomic E-state index is 12.4. The fourth-order valence-corrected chi connectivity index (χ4v) is 4.17. The second kappa shape index (κ2) is 10.7. The average Bonchev–Trinajstić information content (AvgIpc) is 3.60. The molecule has 0 aliphatic heterocycles. The lowest BCUT2D eigenvalue weighted by Crippen LogP contribution is -2.41. The summed E-state index contributed by atoms with van der Waals surface area (Å²) in [6.45, 7) is 4.74. The fraction of sp³-hybridized carbons (Fsp3) is 0.391. The number of methoxy groups -OCH3 is 1. The number of carbonyl (C=O) groups is 2. The molecule has 2 aromatic carbocycles. The van der Waals surface area contributed by atoms with Crippen LogP contribution in [0.1, 0.15) is 53.8 Å². The lowest BCUT2D eigenvalue weighted by atomic mass is 10.1. The first-order valence-corrected chi connectivity index (χ1v) is 12.2. The Labute approximate surface area is 193 Å². The number of benzene rings is 2. The summed E-state index contributed by atoms with van der Waals surface area (Å²) in [6.07, 6.45) is 2.56. The van der Waals surface area contributed by atoms with E-state index in [2.05, 4.69) is 29.4 Å². The number of hydrogen-bond acceptors (Lipinski definition) is 6. The van der Waals surface area contributed by atoms with Gasteiger partial charge in [0.1, 0.15) is 0 Å². The van der Waals surface area contributed by atoms with E-state index in [-0.39, 0.29) is 22.1 Å². The van der Waals surface area contributed by atoms with Crippen molar-refractivity contribution >= 4 is 21.8 Å². The number of nitrogens with one attached hydrogen (secondary N) is 3. The number of amides is 2. The molecule has 2 aromatic rings. The van der Waals surface area contributed by atoms with Gasteiger partial charge in [0.25, 0.3) is 11.8 Å². The number of sulfonamides is 1. The minimum atomic E-state index is -3.60. The van der Waals surface area contributed by atoms with Gasteiger partial charge in [0.2, 0.25) is 10.0 Å². The van der Waals surface area contributed by atoms with Crippen molar-refractivity contribution in [3.05, 3.63) is 53.6 Å². The largest absolute Gasteiger partial charge is 0.493 e. The van der Waals surface area contributed by atoms with Crippen LogP contribution >= 0.6 is 0 Å². The van der Waals surface area contributed by atoms with Crippen molar-refractivity contribution in [2.45, 2.75) is 44.0 Å². The standard InChI is InChI=1S/C23H29N3O6S/c1-15(2)12-13-32-20-11-6-17(14-21(20)31-3)23(28)25-24-22(27)16-4-9-19(10-5-16)33(29,30)26-18-7-8-18/h4-6,9-11,14-15,18,26H,7-8,12-13H2,1-3H3,(H,24,27)(H,25,28). The average molecular weight is 476 g/mol. The van der Waals surface area contributed by atoms with Crippen LogP contribution < -0.4 is 25.0 Å². The molecule has 1 aliphatic rings. The Morgan fingerprint density at radius 1 is 0.970 bits per heavy atom. The quantitative estimate of drug-likeness (QED) is 0.454. The molecule has 1 fully saturated rings. The molecule has 3 N–H and O–H groups in total. The molecule has 10 heteroatoms. The predicted molar refractivity (Wildman–Crippen MR) is 123 cm³/mol. The van der Waals surface area contributed by atoms with Crippen molar-refractivity contribution in [1.82, 2.24) is 15.6 Å². The van der Waals surface area contributed by atoms with Crippen molar-refractivity contribution in [2.24, 2.45) is 5.92 Å². The summed E-state index contributed by atoms with van der Waals surface area (Å²) >= 11 is 0. The monoisotopic (exact) mass is 475 g/mol. The Hall–Kier alpha value is -3.11. The third-order valence-electron chi connectivity index (χ3n) is 4.99. The maximum absolute atomic E-state index is 12.4. The highest BCUT2D eigenvalue weighted by Crippen LogP contribution is 2.28. The SMILES string of the molecule is COc1cc(C(=O)NNC(=O)c2ccc(S(=O)(=O)NC3CC3)cc2)ccc1OCCC(C)C. The summed E-state index contributed by atoms with van der Waals surface area (Å²) in [4.78, 5) is 24.9. The van der Waals surface area contributed by atoms with Gasteiger partial charge in [-0.3, -0.25) is 20.4 Å². The Bertz CT molecular complexity index is 1100. The lowest BCUT2D eigenvalue weighted by Gasteiger charge is -2.13. The summed E-state index contributed by atoms with van der Waals surface area (Å²) in [5.74, 6) is 0.329. The minimum absolute atomic E-state index is 0.00696. The van der Waals surface area contributed by atoms with E-state index in [9.17, 15) is 18.0 Å². The van der Waals surface area contributed by atoms with Gasteiger partial charge in [-0.1, -0.05) is 13.8 Å². The summed E-state index contributed by atoms with van der Waals surface area (Å²) in [6, 6.07) is 10.2. The molecule has 1 saturated carbocycles. The second-order valence-corrected chi connectivity index (χ2v) is 9.94. The molecule has 0 aromatic heterocycles. The van der Waals surface area contributed by atoms with Gasteiger partial charge in [0.15, 0.2) is 11.5 Å². The van der Waals surface area contributed by atoms with Crippen molar-refractivity contribution < 1.29 is 27.5 Å². The smallest absolute Gasteiger partial charge is 0.269 e. The van der Waals surface area contributed by atoms with E-state index in [0.717, 1.165) is 19.3 Å². The van der Waals surface area contributed by atoms with Crippen LogP contribution in [0.5, 0.6) is 11.5 Å². The van der Waals surface area contributed by atoms with Crippen LogP contribution in [0.25, 0.3) is 0 Å². The van der Waals surface area contributed by atoms with Gasteiger partial charge in [0, 0.05) is 17.2 Å². The topological polar surface area (TPSA) is 123 Å². The summed E-state index contributed by atoms with van der Waals surface area (Å²) in [7, 11) is -2.11. The van der Waals surface area contributed by atoms with Crippen molar-refractivity contribution in [1.29, 1.82) is 0 Å². The lowest BCUT2D eigenvalue weighted by molar-refractivity contribution is 0.0846. The second-order valence-electron chi connectivity index (χ2n) is 8.22. The molecule has 3 rings (SSSR count). The van der Waals surface area contributed by atoms with Gasteiger partial charge in [0.05, 0.1) is 18.6 Å². The zero-order chi connectivity index (χ0) is 24.0. The van der Waals surface area contributed by atoms with Gasteiger partial charge in [-0.05, 0) is 67.6 Å². The van der Waals surface area contributed by atoms with E-state index >= 15 is 0 Å². The van der Waals surface area contributed by atoms with Gasteiger partial charge >= 0.3 is 0 Å². The molecule has 178 valence electrons. The van der Waals surface area contributed by atoms with E-state index in [4.69, 9.17) is 9.47 Å². The number of hydrogen-bond donors (Lipinski definition) is 3. The highest BCUT2D eigenvalue weighted by molar-refractivity contribution is 7.89. The first kappa shape index (κ1) is 24.5. The summed E-state index contributed by atoms with van der Waals surface area (Å²) in [5.41, 5.74) is 5.14. The van der Waals surface area contributed by atoms with Crippen LogP contribution in [0.4, 0.5) is 0 Å². The first-order chi connectivity index (χ1) is 15.7. The van der Waals surface area contributed by atoms with Crippen LogP contribution in [0, 0.1) is 5.92 Å². The van der Waals surface area contributed by atoms with E-state index in [1.165, 1.54) is 37.4 Å². The predicted octanol–water partition coefficient (Wildman–Crippen LogP) is 2.64. The minimum Gasteiger partial charge on any atom is -0.493 e. The van der Waals surface area contributed by atoms with Crippen LogP contribution in [0.2, 0.25) is 0 Å². The summed E-state index contributed by atoms with van der Waals surface area (Å²) < 4.78 is 38.0. The zero-order valence-electron chi connectivity index (χ0n) is 18.9. The number of carbonyl (C=O) groups excluding carboxylic acids is 2. The molecule has 0 saturated heterocycles. The molecule has 9 nitrogen and oxygen atoms in total.